The Balaban J connectivity index is 1.76. The molecule has 1 aromatic carbocycles. The average molecular weight is 225 g/mol. The molecule has 17 heavy (non-hydrogen) atoms. The number of imidazole rings is 1. The van der Waals surface area contributed by atoms with Crippen molar-refractivity contribution in [1.82, 2.24) is 9.55 Å². The second kappa shape index (κ2) is 3.95. The third-order valence-corrected chi connectivity index (χ3v) is 2.93. The maximum Gasteiger partial charge on any atom is 0.212 e. The first-order valence-corrected chi connectivity index (χ1v) is 5.52. The lowest BCUT2D eigenvalue weighted by molar-refractivity contribution is 0.209. The first-order valence-electron chi connectivity index (χ1n) is 5.52. The number of hydrogen-bond donors (Lipinski definition) is 0. The van der Waals surface area contributed by atoms with Crippen LogP contribution in [0, 0.1) is 11.3 Å². The molecule has 1 aliphatic rings. The number of aromatic nitrogens is 2. The smallest absolute Gasteiger partial charge is 0.212 e. The van der Waals surface area contributed by atoms with E-state index in [0.717, 1.165) is 12.2 Å². The average Bonchev–Trinajstić information content (AvgIpc) is 2.94. The molecule has 0 saturated heterocycles. The zero-order chi connectivity index (χ0) is 11.7. The van der Waals surface area contributed by atoms with E-state index in [2.05, 4.69) is 17.1 Å². The highest BCUT2D eigenvalue weighted by molar-refractivity contribution is 5.37. The van der Waals surface area contributed by atoms with Gasteiger partial charge in [0.1, 0.15) is 17.9 Å². The van der Waals surface area contributed by atoms with E-state index >= 15 is 0 Å². The largest absolute Gasteiger partial charge is 0.488 e. The van der Waals surface area contributed by atoms with Crippen molar-refractivity contribution in [2.75, 3.05) is 0 Å². The molecule has 4 nitrogen and oxygen atoms in total. The predicted octanol–water partition coefficient (Wildman–Crippen LogP) is 1.76. The van der Waals surface area contributed by atoms with E-state index in [0.29, 0.717) is 12.4 Å². The zero-order valence-electron chi connectivity index (χ0n) is 9.21. The molecule has 0 spiro atoms. The highest BCUT2D eigenvalue weighted by Crippen LogP contribution is 2.28. The molecule has 84 valence electrons. The van der Waals surface area contributed by atoms with Crippen LogP contribution < -0.4 is 4.74 Å². The van der Waals surface area contributed by atoms with Crippen LogP contribution in [0.15, 0.2) is 36.7 Å². The molecule has 0 amide bonds. The maximum atomic E-state index is 8.88. The maximum absolute atomic E-state index is 8.88. The molecule has 2 heterocycles. The lowest BCUT2D eigenvalue weighted by Gasteiger charge is -2.11. The summed E-state index contributed by atoms with van der Waals surface area (Å²) in [5.41, 5.74) is 1.23. The summed E-state index contributed by atoms with van der Waals surface area (Å²) in [6.45, 7) is 0.664. The Morgan fingerprint density at radius 1 is 1.47 bits per heavy atom. The summed E-state index contributed by atoms with van der Waals surface area (Å²) in [5.74, 6) is 1.39. The van der Waals surface area contributed by atoms with Gasteiger partial charge in [-0.15, -0.1) is 0 Å². The number of rotatable bonds is 2. The fourth-order valence-electron chi connectivity index (χ4n) is 2.14. The topological polar surface area (TPSA) is 50.8 Å². The quantitative estimate of drug-likeness (QED) is 0.782. The van der Waals surface area contributed by atoms with Crippen molar-refractivity contribution in [2.24, 2.45) is 0 Å². The standard InChI is InChI=1S/C13H11N3O/c14-8-13-15-5-6-16(13)9-11-7-10-3-1-2-4-12(10)17-11/h1-6,11H,7,9H2. The fraction of sp³-hybridized carbons (Fsp3) is 0.231. The molecule has 1 atom stereocenters. The number of hydrogen-bond acceptors (Lipinski definition) is 3. The Kier molecular flexibility index (Phi) is 2.30. The fourth-order valence-corrected chi connectivity index (χ4v) is 2.14. The van der Waals surface area contributed by atoms with Crippen LogP contribution in [0.4, 0.5) is 0 Å². The SMILES string of the molecule is N#Cc1nccn1CC1Cc2ccccc2O1. The molecule has 1 aliphatic heterocycles. The first-order chi connectivity index (χ1) is 8.36. The first kappa shape index (κ1) is 9.91. The third-order valence-electron chi connectivity index (χ3n) is 2.93. The summed E-state index contributed by atoms with van der Waals surface area (Å²) in [5, 5.41) is 8.88. The molecule has 0 saturated carbocycles. The zero-order valence-corrected chi connectivity index (χ0v) is 9.21. The second-order valence-corrected chi connectivity index (χ2v) is 4.07. The minimum Gasteiger partial charge on any atom is -0.488 e. The number of nitrogens with zero attached hydrogens (tertiary/aromatic N) is 3. The lowest BCUT2D eigenvalue weighted by atomic mass is 10.1. The third kappa shape index (κ3) is 1.76. The summed E-state index contributed by atoms with van der Waals surface area (Å²) < 4.78 is 7.65. The predicted molar refractivity (Wildman–Crippen MR) is 61.5 cm³/mol. The van der Waals surface area contributed by atoms with Gasteiger partial charge in [-0.2, -0.15) is 5.26 Å². The number of fused-ring (bicyclic) bond motifs is 1. The minimum absolute atomic E-state index is 0.0914. The van der Waals surface area contributed by atoms with Crippen LogP contribution in [0.5, 0.6) is 5.75 Å². The van der Waals surface area contributed by atoms with Crippen molar-refractivity contribution in [3.05, 3.63) is 48.0 Å². The van der Waals surface area contributed by atoms with Crippen molar-refractivity contribution in [3.63, 3.8) is 0 Å². The van der Waals surface area contributed by atoms with Crippen LogP contribution in [0.2, 0.25) is 0 Å². The van der Waals surface area contributed by atoms with Gasteiger partial charge in [-0.3, -0.25) is 0 Å². The molecule has 2 aromatic rings. The molecule has 1 unspecified atom stereocenters. The van der Waals surface area contributed by atoms with Gasteiger partial charge in [-0.1, -0.05) is 18.2 Å². The van der Waals surface area contributed by atoms with Crippen LogP contribution in [0.3, 0.4) is 0 Å². The molecule has 3 rings (SSSR count). The Morgan fingerprint density at radius 2 is 2.35 bits per heavy atom. The molecule has 0 N–H and O–H groups in total. The van der Waals surface area contributed by atoms with E-state index in [1.165, 1.54) is 5.56 Å². The highest BCUT2D eigenvalue weighted by Gasteiger charge is 2.23. The molecular formula is C13H11N3O. The van der Waals surface area contributed by atoms with Crippen molar-refractivity contribution in [2.45, 2.75) is 19.1 Å². The van der Waals surface area contributed by atoms with Gasteiger partial charge in [0, 0.05) is 18.8 Å². The van der Waals surface area contributed by atoms with Crippen molar-refractivity contribution in [3.8, 4) is 11.8 Å². The van der Waals surface area contributed by atoms with Crippen LogP contribution in [-0.2, 0) is 13.0 Å². The minimum atomic E-state index is 0.0914. The van der Waals surface area contributed by atoms with Crippen molar-refractivity contribution < 1.29 is 4.74 Å². The van der Waals surface area contributed by atoms with E-state index < -0.39 is 0 Å². The normalized spacial score (nSPS) is 17.2. The molecule has 4 heteroatoms. The second-order valence-electron chi connectivity index (χ2n) is 4.07. The number of benzene rings is 1. The number of para-hydroxylation sites is 1. The molecule has 0 aliphatic carbocycles. The van der Waals surface area contributed by atoms with Gasteiger partial charge in [-0.05, 0) is 11.6 Å². The summed E-state index contributed by atoms with van der Waals surface area (Å²) in [6, 6.07) is 10.1. The van der Waals surface area contributed by atoms with Crippen LogP contribution in [0.25, 0.3) is 0 Å². The molecule has 0 bridgehead atoms. The van der Waals surface area contributed by atoms with Gasteiger partial charge in [0.15, 0.2) is 0 Å². The summed E-state index contributed by atoms with van der Waals surface area (Å²) in [4.78, 5) is 3.97. The van der Waals surface area contributed by atoms with E-state index in [4.69, 9.17) is 10.00 Å². The van der Waals surface area contributed by atoms with E-state index in [1.54, 1.807) is 6.20 Å². The molecule has 1 aromatic heterocycles. The summed E-state index contributed by atoms with van der Waals surface area (Å²) in [6.07, 6.45) is 4.43. The van der Waals surface area contributed by atoms with Gasteiger partial charge in [0.2, 0.25) is 5.82 Å². The molecular weight excluding hydrogens is 214 g/mol. The van der Waals surface area contributed by atoms with Gasteiger partial charge in [-0.25, -0.2) is 4.98 Å². The van der Waals surface area contributed by atoms with Gasteiger partial charge in [0.05, 0.1) is 6.54 Å². The number of ether oxygens (including phenoxy) is 1. The van der Waals surface area contributed by atoms with E-state index in [1.807, 2.05) is 29.0 Å². The Labute approximate surface area is 99.1 Å². The van der Waals surface area contributed by atoms with Gasteiger partial charge < -0.3 is 9.30 Å². The van der Waals surface area contributed by atoms with Gasteiger partial charge >= 0.3 is 0 Å². The van der Waals surface area contributed by atoms with Crippen LogP contribution in [0.1, 0.15) is 11.4 Å². The van der Waals surface area contributed by atoms with E-state index in [9.17, 15) is 0 Å². The summed E-state index contributed by atoms with van der Waals surface area (Å²) >= 11 is 0. The lowest BCUT2D eigenvalue weighted by Crippen LogP contribution is -2.21. The Morgan fingerprint density at radius 3 is 3.18 bits per heavy atom. The van der Waals surface area contributed by atoms with Crippen molar-refractivity contribution in [1.29, 1.82) is 5.26 Å². The molecule has 0 fully saturated rings. The number of nitriles is 1. The van der Waals surface area contributed by atoms with Crippen molar-refractivity contribution >= 4 is 0 Å². The Bertz CT molecular complexity index is 557. The highest BCUT2D eigenvalue weighted by atomic mass is 16.5. The molecule has 0 radical (unpaired) electrons. The van der Waals surface area contributed by atoms with E-state index in [-0.39, 0.29) is 6.10 Å². The van der Waals surface area contributed by atoms with Crippen LogP contribution >= 0.6 is 0 Å². The Hall–Kier alpha value is -2.28. The van der Waals surface area contributed by atoms with Crippen LogP contribution in [-0.4, -0.2) is 15.7 Å². The summed E-state index contributed by atoms with van der Waals surface area (Å²) in [7, 11) is 0. The monoisotopic (exact) mass is 225 g/mol. The van der Waals surface area contributed by atoms with Gasteiger partial charge in [0.25, 0.3) is 0 Å².